The first kappa shape index (κ1) is 39.3. The normalized spacial score (nSPS) is 30.1. The van der Waals surface area contributed by atoms with Gasteiger partial charge in [0.15, 0.2) is 16.6 Å². The van der Waals surface area contributed by atoms with Crippen molar-refractivity contribution < 1.29 is 37.4 Å². The van der Waals surface area contributed by atoms with Crippen molar-refractivity contribution in [3.8, 4) is 0 Å². The van der Waals surface area contributed by atoms with Crippen LogP contribution in [0.3, 0.4) is 0 Å². The molecule has 0 amide bonds. The fourth-order valence-corrected chi connectivity index (χ4v) is 8.38. The highest BCUT2D eigenvalue weighted by atomic mass is 28.4. The van der Waals surface area contributed by atoms with Crippen molar-refractivity contribution in [3.63, 3.8) is 0 Å². The highest BCUT2D eigenvalue weighted by molar-refractivity contribution is 6.74. The summed E-state index contributed by atoms with van der Waals surface area (Å²) in [6.45, 7) is 30.6. The summed E-state index contributed by atoms with van der Waals surface area (Å²) in [7, 11) is -2.71. The summed E-state index contributed by atoms with van der Waals surface area (Å²) in [6.07, 6.45) is 4.21. The van der Waals surface area contributed by atoms with Crippen LogP contribution in [0.4, 0.5) is 0 Å². The van der Waals surface area contributed by atoms with Crippen molar-refractivity contribution in [2.75, 3.05) is 13.7 Å². The molecule has 2 fully saturated rings. The van der Waals surface area contributed by atoms with Crippen LogP contribution in [0.1, 0.15) is 93.9 Å². The average molecular weight is 657 g/mol. The Bertz CT molecular complexity index is 956. The van der Waals surface area contributed by atoms with Crippen LogP contribution in [-0.2, 0) is 37.4 Å². The number of unbranched alkanes of at least 4 members (excludes halogenated alkanes) is 1. The summed E-state index contributed by atoms with van der Waals surface area (Å²) in [6, 6.07) is 0. The summed E-state index contributed by atoms with van der Waals surface area (Å²) >= 11 is 0. The van der Waals surface area contributed by atoms with Crippen LogP contribution in [0.5, 0.6) is 0 Å². The van der Waals surface area contributed by atoms with Crippen LogP contribution < -0.4 is 0 Å². The molecule has 256 valence electrons. The molecule has 0 radical (unpaired) electrons. The van der Waals surface area contributed by atoms with Crippen LogP contribution in [0.15, 0.2) is 12.7 Å². The molecular weight excluding hydrogens is 593 g/mol. The van der Waals surface area contributed by atoms with E-state index >= 15 is 0 Å². The molecule has 0 N–H and O–H groups in total. The van der Waals surface area contributed by atoms with E-state index in [9.17, 15) is 9.59 Å². The van der Waals surface area contributed by atoms with Gasteiger partial charge < -0.3 is 32.6 Å². The molecule has 2 rings (SSSR count). The van der Waals surface area contributed by atoms with Crippen molar-refractivity contribution in [2.24, 2.45) is 11.8 Å². The molecule has 0 spiro atoms. The molecule has 0 aromatic heterocycles. The summed E-state index contributed by atoms with van der Waals surface area (Å²) in [5, 5.41) is -0.00968. The minimum absolute atomic E-state index is 0.00844. The van der Waals surface area contributed by atoms with Crippen molar-refractivity contribution >= 4 is 28.9 Å². The second-order valence-electron chi connectivity index (χ2n) is 16.0. The molecule has 0 saturated carbocycles. The number of methoxy groups -OCH3 is 1. The number of carbonyl (C=O) groups excluding carboxylic acids is 2. The third-order valence-corrected chi connectivity index (χ3v) is 19.6. The predicted octanol–water partition coefficient (Wildman–Crippen LogP) is 7.82. The lowest BCUT2D eigenvalue weighted by atomic mass is 9.86. The van der Waals surface area contributed by atoms with Crippen LogP contribution >= 0.6 is 0 Å². The zero-order chi connectivity index (χ0) is 33.7. The minimum atomic E-state index is -2.19. The third kappa shape index (κ3) is 9.13. The van der Waals surface area contributed by atoms with Gasteiger partial charge in [-0.2, -0.15) is 0 Å². The van der Waals surface area contributed by atoms with E-state index in [1.807, 2.05) is 6.92 Å². The molecule has 0 aromatic carbocycles. The Labute approximate surface area is 270 Å². The maximum absolute atomic E-state index is 13.8. The minimum Gasteiger partial charge on any atom is -0.459 e. The van der Waals surface area contributed by atoms with Gasteiger partial charge in [-0.3, -0.25) is 4.79 Å². The molecule has 2 saturated heterocycles. The van der Waals surface area contributed by atoms with Gasteiger partial charge in [0, 0.05) is 20.0 Å². The molecule has 8 atom stereocenters. The lowest BCUT2D eigenvalue weighted by Crippen LogP contribution is -2.64. The van der Waals surface area contributed by atoms with E-state index in [0.717, 1.165) is 12.7 Å². The average Bonchev–Trinajstić information content (AvgIpc) is 3.30. The highest BCUT2D eigenvalue weighted by Gasteiger charge is 2.59. The Morgan fingerprint density at radius 1 is 1.09 bits per heavy atom. The number of hydrogen-bond donors (Lipinski definition) is 0. The van der Waals surface area contributed by atoms with Gasteiger partial charge in [-0.05, 0) is 74.8 Å². The van der Waals surface area contributed by atoms with Crippen LogP contribution in [0, 0.1) is 11.8 Å². The van der Waals surface area contributed by atoms with Crippen LogP contribution in [-0.4, -0.2) is 78.9 Å². The Hall–Kier alpha value is -0.886. The van der Waals surface area contributed by atoms with Gasteiger partial charge in [0.2, 0.25) is 5.79 Å². The number of aldehydes is 1. The standard InChI is InChI=1S/C34H64O8Si2/c1-15-18-27-28(40-31(36)25(3)26(19-16-17-21-35)41-43(11,12)32(4,5)6)23-29(39-27)34(37-10)30(24(2)20-22-38-34)42-44(13,14)33(7,8)9/h15,21,24-30H,1,16-20,22-23H2,2-14H3/t24-,25-,26+,27+,28-,29+,30-,34-/m1/s1. The lowest BCUT2D eigenvalue weighted by Gasteiger charge is -2.52. The van der Waals surface area contributed by atoms with Crippen molar-refractivity contribution in [2.45, 2.75) is 166 Å². The van der Waals surface area contributed by atoms with Gasteiger partial charge in [0.1, 0.15) is 24.6 Å². The summed E-state index contributed by atoms with van der Waals surface area (Å²) < 4.78 is 39.4. The summed E-state index contributed by atoms with van der Waals surface area (Å²) in [4.78, 5) is 24.9. The number of hydrogen-bond acceptors (Lipinski definition) is 8. The molecule has 2 heterocycles. The largest absolute Gasteiger partial charge is 0.459 e. The van der Waals surface area contributed by atoms with E-state index < -0.39 is 40.5 Å². The molecule has 44 heavy (non-hydrogen) atoms. The quantitative estimate of drug-likeness (QED) is 0.0580. The Morgan fingerprint density at radius 3 is 2.23 bits per heavy atom. The van der Waals surface area contributed by atoms with Gasteiger partial charge in [-0.25, -0.2) is 0 Å². The van der Waals surface area contributed by atoms with Gasteiger partial charge in [0.05, 0.1) is 24.7 Å². The highest BCUT2D eigenvalue weighted by Crippen LogP contribution is 2.47. The van der Waals surface area contributed by atoms with Gasteiger partial charge in [0.25, 0.3) is 0 Å². The van der Waals surface area contributed by atoms with Crippen molar-refractivity contribution in [3.05, 3.63) is 12.7 Å². The van der Waals surface area contributed by atoms with E-state index in [1.165, 1.54) is 0 Å². The van der Waals surface area contributed by atoms with Gasteiger partial charge in [-0.1, -0.05) is 54.5 Å². The second-order valence-corrected chi connectivity index (χ2v) is 25.6. The zero-order valence-corrected chi connectivity index (χ0v) is 32.1. The second kappa shape index (κ2) is 15.3. The molecule has 2 aliphatic rings. The Kier molecular flexibility index (Phi) is 13.7. The topological polar surface area (TPSA) is 89.5 Å². The van der Waals surface area contributed by atoms with E-state index in [2.05, 4.69) is 81.2 Å². The molecule has 0 bridgehead atoms. The third-order valence-electron chi connectivity index (χ3n) is 10.7. The number of ether oxygens (including phenoxy) is 4. The van der Waals surface area contributed by atoms with E-state index in [1.54, 1.807) is 13.2 Å². The van der Waals surface area contributed by atoms with Crippen molar-refractivity contribution in [1.29, 1.82) is 0 Å². The molecule has 8 nitrogen and oxygen atoms in total. The number of rotatable bonds is 15. The molecule has 0 aliphatic carbocycles. The van der Waals surface area contributed by atoms with E-state index in [0.29, 0.717) is 38.7 Å². The molecule has 10 heteroatoms. The molecular formula is C34H64O8Si2. The number of carbonyl (C=O) groups is 2. The monoisotopic (exact) mass is 656 g/mol. The van der Waals surface area contributed by atoms with Gasteiger partial charge in [-0.15, -0.1) is 6.58 Å². The van der Waals surface area contributed by atoms with E-state index in [4.69, 9.17) is 27.8 Å². The Balaban J connectivity index is 2.34. The van der Waals surface area contributed by atoms with Crippen molar-refractivity contribution in [1.82, 2.24) is 0 Å². The summed E-state index contributed by atoms with van der Waals surface area (Å²) in [5.41, 5.74) is 0. The zero-order valence-electron chi connectivity index (χ0n) is 30.1. The fourth-order valence-electron chi connectivity index (χ4n) is 5.56. The SMILES string of the molecule is C=CC[C@@H]1O[C@H]([C@@]2(OC)OCC[C@@H](C)[C@H]2O[Si](C)(C)C(C)(C)C)C[C@H]1OC(=O)[C@H](C)[C@H](CCCC=O)O[Si](C)(C)C(C)(C)C. The van der Waals surface area contributed by atoms with Crippen LogP contribution in [0.2, 0.25) is 36.3 Å². The maximum atomic E-state index is 13.8. The molecule has 0 aromatic rings. The lowest BCUT2D eigenvalue weighted by molar-refractivity contribution is -0.337. The molecule has 2 aliphatic heterocycles. The fraction of sp³-hybridized carbons (Fsp3) is 0.882. The smallest absolute Gasteiger partial charge is 0.311 e. The van der Waals surface area contributed by atoms with E-state index in [-0.39, 0.29) is 40.3 Å². The predicted molar refractivity (Wildman–Crippen MR) is 181 cm³/mol. The summed E-state index contributed by atoms with van der Waals surface area (Å²) in [5.74, 6) is -1.75. The molecule has 0 unspecified atom stereocenters. The number of esters is 1. The maximum Gasteiger partial charge on any atom is 0.311 e. The Morgan fingerprint density at radius 2 is 1.70 bits per heavy atom. The first-order valence-corrected chi connectivity index (χ1v) is 22.4. The first-order chi connectivity index (χ1) is 20.2. The van der Waals surface area contributed by atoms with Crippen LogP contribution in [0.25, 0.3) is 0 Å². The van der Waals surface area contributed by atoms with Gasteiger partial charge >= 0.3 is 5.97 Å². The first-order valence-electron chi connectivity index (χ1n) is 16.6.